The van der Waals surface area contributed by atoms with E-state index in [9.17, 15) is 4.79 Å². The van der Waals surface area contributed by atoms with Crippen molar-refractivity contribution in [3.05, 3.63) is 94.1 Å². The lowest BCUT2D eigenvalue weighted by Gasteiger charge is -2.07. The molecule has 0 unspecified atom stereocenters. The number of furan rings is 1. The number of amides is 1. The number of aryl methyl sites for hydroxylation is 2. The van der Waals surface area contributed by atoms with Crippen LogP contribution in [0.25, 0.3) is 0 Å². The van der Waals surface area contributed by atoms with Gasteiger partial charge in [0.15, 0.2) is 12.5 Å². The summed E-state index contributed by atoms with van der Waals surface area (Å²) in [5.41, 5.74) is 2.90. The third-order valence-corrected chi connectivity index (χ3v) is 5.34. The van der Waals surface area contributed by atoms with Crippen LogP contribution in [0.1, 0.15) is 27.4 Å². The molecule has 1 N–H and O–H groups in total. The maximum absolute atomic E-state index is 12.5. The lowest BCUT2D eigenvalue weighted by atomic mass is 10.1. The molecular weight excluding hydrogens is 474 g/mol. The summed E-state index contributed by atoms with van der Waals surface area (Å²) in [5, 5.41) is 6.96. The fraction of sp³-hybridized carbons (Fsp3) is 0.167. The minimum Gasteiger partial charge on any atom is -0.486 e. The van der Waals surface area contributed by atoms with Crippen LogP contribution in [0.2, 0.25) is 0 Å². The molecule has 0 aliphatic carbocycles. The summed E-state index contributed by atoms with van der Waals surface area (Å²) in [5.74, 6) is 1.87. The number of anilines is 1. The summed E-state index contributed by atoms with van der Waals surface area (Å²) in [6.45, 7) is 4.54. The van der Waals surface area contributed by atoms with Crippen molar-refractivity contribution in [3.8, 4) is 11.5 Å². The predicted molar refractivity (Wildman–Crippen MR) is 124 cm³/mol. The molecule has 32 heavy (non-hydrogen) atoms. The van der Waals surface area contributed by atoms with Crippen LogP contribution >= 0.6 is 15.9 Å². The molecule has 1 amide bonds. The van der Waals surface area contributed by atoms with Gasteiger partial charge in [0.05, 0.1) is 18.1 Å². The van der Waals surface area contributed by atoms with E-state index in [0.29, 0.717) is 11.4 Å². The fourth-order valence-electron chi connectivity index (χ4n) is 2.90. The van der Waals surface area contributed by atoms with Crippen LogP contribution in [0.4, 0.5) is 5.69 Å². The molecule has 0 saturated carbocycles. The molecule has 2 aromatic carbocycles. The van der Waals surface area contributed by atoms with Crippen LogP contribution in [0.15, 0.2) is 75.9 Å². The van der Waals surface area contributed by atoms with Crippen molar-refractivity contribution in [2.24, 2.45) is 0 Å². The van der Waals surface area contributed by atoms with Gasteiger partial charge in [-0.3, -0.25) is 4.79 Å². The van der Waals surface area contributed by atoms with Gasteiger partial charge in [0.1, 0.15) is 23.9 Å². The summed E-state index contributed by atoms with van der Waals surface area (Å²) in [4.78, 5) is 12.5. The van der Waals surface area contributed by atoms with Gasteiger partial charge in [0, 0.05) is 4.47 Å². The maximum atomic E-state index is 12.5. The van der Waals surface area contributed by atoms with E-state index >= 15 is 0 Å². The monoisotopic (exact) mass is 495 g/mol. The Bertz CT molecular complexity index is 1210. The second-order valence-electron chi connectivity index (χ2n) is 7.25. The van der Waals surface area contributed by atoms with Gasteiger partial charge >= 0.3 is 0 Å². The lowest BCUT2D eigenvalue weighted by Crippen LogP contribution is -2.10. The van der Waals surface area contributed by atoms with Crippen LogP contribution in [0, 0.1) is 13.8 Å². The number of hydrogen-bond donors (Lipinski definition) is 1. The molecule has 2 aromatic heterocycles. The Morgan fingerprint density at radius 2 is 1.81 bits per heavy atom. The summed E-state index contributed by atoms with van der Waals surface area (Å²) in [6.07, 6.45) is 3.24. The lowest BCUT2D eigenvalue weighted by molar-refractivity contribution is 0.0992. The van der Waals surface area contributed by atoms with Gasteiger partial charge in [-0.05, 0) is 73.5 Å². The van der Waals surface area contributed by atoms with E-state index in [-0.39, 0.29) is 25.0 Å². The molecule has 4 aromatic rings. The van der Waals surface area contributed by atoms with E-state index in [0.717, 1.165) is 21.5 Å². The van der Waals surface area contributed by atoms with Gasteiger partial charge in [-0.2, -0.15) is 5.10 Å². The van der Waals surface area contributed by atoms with Crippen molar-refractivity contribution in [3.63, 3.8) is 0 Å². The minimum atomic E-state index is -0.365. The number of hydrogen-bond acceptors (Lipinski definition) is 5. The highest BCUT2D eigenvalue weighted by atomic mass is 79.9. The van der Waals surface area contributed by atoms with Crippen molar-refractivity contribution in [2.45, 2.75) is 27.2 Å². The van der Waals surface area contributed by atoms with Crippen LogP contribution in [-0.4, -0.2) is 15.7 Å². The van der Waals surface area contributed by atoms with Gasteiger partial charge in [-0.1, -0.05) is 22.0 Å². The second kappa shape index (κ2) is 9.74. The van der Waals surface area contributed by atoms with E-state index in [1.807, 2.05) is 49.4 Å². The molecule has 0 spiro atoms. The molecule has 0 radical (unpaired) electrons. The Labute approximate surface area is 194 Å². The minimum absolute atomic E-state index is 0.197. The first kappa shape index (κ1) is 21.7. The average molecular weight is 496 g/mol. The topological polar surface area (TPSA) is 78.5 Å². The van der Waals surface area contributed by atoms with Crippen molar-refractivity contribution in [2.75, 3.05) is 5.32 Å². The van der Waals surface area contributed by atoms with Crippen molar-refractivity contribution in [1.82, 2.24) is 9.78 Å². The van der Waals surface area contributed by atoms with E-state index in [4.69, 9.17) is 13.9 Å². The van der Waals surface area contributed by atoms with Crippen molar-refractivity contribution < 1.29 is 18.7 Å². The number of rotatable bonds is 8. The highest BCUT2D eigenvalue weighted by Crippen LogP contribution is 2.19. The molecule has 164 valence electrons. The Balaban J connectivity index is 1.29. The van der Waals surface area contributed by atoms with E-state index in [2.05, 4.69) is 33.3 Å². The Hall–Kier alpha value is -3.52. The van der Waals surface area contributed by atoms with E-state index in [1.54, 1.807) is 29.2 Å². The largest absolute Gasteiger partial charge is 0.486 e. The molecule has 0 atom stereocenters. The van der Waals surface area contributed by atoms with Gasteiger partial charge in [-0.15, -0.1) is 0 Å². The zero-order valence-electron chi connectivity index (χ0n) is 17.7. The maximum Gasteiger partial charge on any atom is 0.291 e. The number of nitrogens with one attached hydrogen (secondary N) is 1. The molecule has 0 saturated heterocycles. The van der Waals surface area contributed by atoms with Crippen molar-refractivity contribution >= 4 is 27.5 Å². The predicted octanol–water partition coefficient (Wildman–Crippen LogP) is 5.72. The first-order valence-corrected chi connectivity index (χ1v) is 10.8. The number of aromatic nitrogens is 2. The van der Waals surface area contributed by atoms with Crippen LogP contribution in [0.5, 0.6) is 11.5 Å². The third kappa shape index (κ3) is 5.59. The van der Waals surface area contributed by atoms with Crippen LogP contribution < -0.4 is 14.8 Å². The Morgan fingerprint density at radius 1 is 1.03 bits per heavy atom. The fourth-order valence-corrected chi connectivity index (χ4v) is 3.16. The number of ether oxygens (including phenoxy) is 2. The zero-order chi connectivity index (χ0) is 22.5. The zero-order valence-corrected chi connectivity index (χ0v) is 19.3. The van der Waals surface area contributed by atoms with E-state index in [1.165, 1.54) is 5.56 Å². The summed E-state index contributed by atoms with van der Waals surface area (Å²) in [6, 6.07) is 16.8. The molecule has 7 nitrogen and oxygen atoms in total. The number of benzene rings is 2. The SMILES string of the molecule is Cc1ccc(OCc2ccc(C(=O)Nc3cnn(COc4ccc(Br)cc4)c3)o2)cc1C. The molecule has 0 aliphatic rings. The summed E-state index contributed by atoms with van der Waals surface area (Å²) in [7, 11) is 0. The summed E-state index contributed by atoms with van der Waals surface area (Å²) < 4.78 is 19.6. The molecule has 0 aliphatic heterocycles. The molecular formula is C24H22BrN3O4. The van der Waals surface area contributed by atoms with Gasteiger partial charge in [0.2, 0.25) is 0 Å². The molecule has 0 fully saturated rings. The molecule has 8 heteroatoms. The van der Waals surface area contributed by atoms with Gasteiger partial charge in [0.25, 0.3) is 5.91 Å². The molecule has 0 bridgehead atoms. The van der Waals surface area contributed by atoms with Gasteiger partial charge < -0.3 is 19.2 Å². The molecule has 2 heterocycles. The van der Waals surface area contributed by atoms with E-state index < -0.39 is 0 Å². The number of carbonyl (C=O) groups excluding carboxylic acids is 1. The second-order valence-corrected chi connectivity index (χ2v) is 8.17. The first-order valence-electron chi connectivity index (χ1n) is 9.97. The van der Waals surface area contributed by atoms with Crippen LogP contribution in [0.3, 0.4) is 0 Å². The van der Waals surface area contributed by atoms with Gasteiger partial charge in [-0.25, -0.2) is 4.68 Å². The number of carbonyl (C=O) groups is 1. The highest BCUT2D eigenvalue weighted by molar-refractivity contribution is 9.10. The Kier molecular flexibility index (Phi) is 6.61. The normalized spacial score (nSPS) is 10.7. The number of nitrogens with zero attached hydrogens (tertiary/aromatic N) is 2. The molecule has 4 rings (SSSR count). The quantitative estimate of drug-likeness (QED) is 0.338. The first-order chi connectivity index (χ1) is 15.5. The third-order valence-electron chi connectivity index (χ3n) is 4.81. The standard InChI is InChI=1S/C24H22BrN3O4/c1-16-3-6-21(11-17(16)2)30-14-22-9-10-23(32-22)24(29)27-19-12-26-28(13-19)15-31-20-7-4-18(25)5-8-20/h3-13H,14-15H2,1-2H3,(H,27,29). The van der Waals surface area contributed by atoms with Crippen LogP contribution in [-0.2, 0) is 13.3 Å². The number of halogens is 1. The average Bonchev–Trinajstić information content (AvgIpc) is 3.44. The Morgan fingerprint density at radius 3 is 2.59 bits per heavy atom. The summed E-state index contributed by atoms with van der Waals surface area (Å²) >= 11 is 3.38. The highest BCUT2D eigenvalue weighted by Gasteiger charge is 2.13. The smallest absolute Gasteiger partial charge is 0.291 e. The van der Waals surface area contributed by atoms with Crippen molar-refractivity contribution in [1.29, 1.82) is 0 Å².